The van der Waals surface area contributed by atoms with E-state index in [1.165, 1.54) is 25.9 Å². The van der Waals surface area contributed by atoms with Crippen LogP contribution in [0.2, 0.25) is 0 Å². The Balaban J connectivity index is 1.80. The minimum absolute atomic E-state index is 0.274. The van der Waals surface area contributed by atoms with E-state index in [0.29, 0.717) is 12.5 Å². The molecule has 0 spiro atoms. The Morgan fingerprint density at radius 2 is 2.12 bits per heavy atom. The summed E-state index contributed by atoms with van der Waals surface area (Å²) >= 11 is 0. The molecule has 16 heavy (non-hydrogen) atoms. The van der Waals surface area contributed by atoms with Gasteiger partial charge in [0.15, 0.2) is 0 Å². The van der Waals surface area contributed by atoms with Crippen LogP contribution in [0, 0.1) is 6.92 Å². The fourth-order valence-electron chi connectivity index (χ4n) is 1.92. The summed E-state index contributed by atoms with van der Waals surface area (Å²) in [6.45, 7) is 5.88. The molecular formula is C11H18N4O. The van der Waals surface area contributed by atoms with Gasteiger partial charge >= 0.3 is 0 Å². The smallest absolute Gasteiger partial charge is 0.223 e. The number of nitrogen functional groups attached to an aromatic ring is 1. The van der Waals surface area contributed by atoms with E-state index in [4.69, 9.17) is 10.5 Å². The third-order valence-corrected chi connectivity index (χ3v) is 2.70. The SMILES string of the molecule is Cc1cc(OCCN2CCCC2)nc(N)n1. The number of ether oxygens (including phenoxy) is 1. The van der Waals surface area contributed by atoms with E-state index in [-0.39, 0.29) is 5.95 Å². The van der Waals surface area contributed by atoms with Gasteiger partial charge in [-0.1, -0.05) is 0 Å². The van der Waals surface area contributed by atoms with Crippen LogP contribution in [0.25, 0.3) is 0 Å². The number of nitrogens with two attached hydrogens (primary N) is 1. The standard InChI is InChI=1S/C11H18N4O/c1-9-8-10(14-11(12)13-9)16-7-6-15-4-2-3-5-15/h8H,2-7H2,1H3,(H2,12,13,14). The molecule has 2 rings (SSSR count). The second-order valence-corrected chi connectivity index (χ2v) is 4.10. The fourth-order valence-corrected chi connectivity index (χ4v) is 1.92. The van der Waals surface area contributed by atoms with Crippen LogP contribution < -0.4 is 10.5 Å². The molecule has 1 aliphatic rings. The summed E-state index contributed by atoms with van der Waals surface area (Å²) in [4.78, 5) is 10.4. The predicted octanol–water partition coefficient (Wildman–Crippen LogP) is 0.842. The van der Waals surface area contributed by atoms with Gasteiger partial charge in [-0.25, -0.2) is 4.98 Å². The molecule has 2 heterocycles. The maximum atomic E-state index is 5.56. The van der Waals surface area contributed by atoms with Gasteiger partial charge in [0.2, 0.25) is 11.8 Å². The van der Waals surface area contributed by atoms with Crippen molar-refractivity contribution in [2.24, 2.45) is 0 Å². The van der Waals surface area contributed by atoms with Crippen LogP contribution in [0.3, 0.4) is 0 Å². The minimum atomic E-state index is 0.274. The Labute approximate surface area is 95.6 Å². The van der Waals surface area contributed by atoms with Crippen LogP contribution >= 0.6 is 0 Å². The molecule has 1 saturated heterocycles. The lowest BCUT2D eigenvalue weighted by atomic mass is 10.4. The van der Waals surface area contributed by atoms with E-state index >= 15 is 0 Å². The molecule has 1 aromatic heterocycles. The average Bonchev–Trinajstić information content (AvgIpc) is 2.69. The van der Waals surface area contributed by atoms with Gasteiger partial charge < -0.3 is 10.5 Å². The van der Waals surface area contributed by atoms with Crippen LogP contribution in [-0.4, -0.2) is 41.1 Å². The maximum Gasteiger partial charge on any atom is 0.223 e. The predicted molar refractivity (Wildman–Crippen MR) is 62.4 cm³/mol. The number of nitrogens with zero attached hydrogens (tertiary/aromatic N) is 3. The Bertz CT molecular complexity index is 330. The van der Waals surface area contributed by atoms with Crippen molar-refractivity contribution >= 4 is 5.95 Å². The Morgan fingerprint density at radius 3 is 2.81 bits per heavy atom. The summed E-state index contributed by atoms with van der Waals surface area (Å²) in [5.74, 6) is 0.848. The number of hydrogen-bond acceptors (Lipinski definition) is 5. The van der Waals surface area contributed by atoms with Crippen molar-refractivity contribution in [3.63, 3.8) is 0 Å². The highest BCUT2D eigenvalue weighted by atomic mass is 16.5. The molecule has 0 atom stereocenters. The fraction of sp³-hybridized carbons (Fsp3) is 0.636. The average molecular weight is 222 g/mol. The number of aryl methyl sites for hydroxylation is 1. The van der Waals surface area contributed by atoms with E-state index < -0.39 is 0 Å². The highest BCUT2D eigenvalue weighted by molar-refractivity contribution is 5.25. The molecule has 1 aliphatic heterocycles. The molecule has 0 bridgehead atoms. The number of likely N-dealkylation sites (tertiary alicyclic amines) is 1. The van der Waals surface area contributed by atoms with Crippen LogP contribution in [0.1, 0.15) is 18.5 Å². The number of rotatable bonds is 4. The first-order chi connectivity index (χ1) is 7.74. The normalized spacial score (nSPS) is 16.6. The molecule has 1 fully saturated rings. The molecule has 0 aliphatic carbocycles. The van der Waals surface area contributed by atoms with E-state index in [2.05, 4.69) is 14.9 Å². The van der Waals surface area contributed by atoms with Crippen LogP contribution in [0.5, 0.6) is 5.88 Å². The second kappa shape index (κ2) is 5.12. The van der Waals surface area contributed by atoms with Crippen molar-refractivity contribution in [1.29, 1.82) is 0 Å². The van der Waals surface area contributed by atoms with E-state index in [1.807, 2.05) is 6.92 Å². The molecule has 5 nitrogen and oxygen atoms in total. The first-order valence-electron chi connectivity index (χ1n) is 5.70. The summed E-state index contributed by atoms with van der Waals surface area (Å²) in [5, 5.41) is 0. The zero-order valence-corrected chi connectivity index (χ0v) is 9.65. The van der Waals surface area contributed by atoms with Crippen LogP contribution in [0.15, 0.2) is 6.07 Å². The van der Waals surface area contributed by atoms with Gasteiger partial charge in [0.1, 0.15) is 6.61 Å². The van der Waals surface area contributed by atoms with Crippen LogP contribution in [0.4, 0.5) is 5.95 Å². The Morgan fingerprint density at radius 1 is 1.38 bits per heavy atom. The van der Waals surface area contributed by atoms with Crippen molar-refractivity contribution in [2.45, 2.75) is 19.8 Å². The molecule has 5 heteroatoms. The van der Waals surface area contributed by atoms with Gasteiger partial charge in [-0.05, 0) is 32.9 Å². The van der Waals surface area contributed by atoms with Crippen molar-refractivity contribution < 1.29 is 4.74 Å². The number of hydrogen-bond donors (Lipinski definition) is 1. The van der Waals surface area contributed by atoms with E-state index in [0.717, 1.165) is 12.2 Å². The first kappa shape index (κ1) is 11.1. The maximum absolute atomic E-state index is 5.56. The molecular weight excluding hydrogens is 204 g/mol. The summed E-state index contributed by atoms with van der Waals surface area (Å²) in [5.41, 5.74) is 6.38. The molecule has 2 N–H and O–H groups in total. The second-order valence-electron chi connectivity index (χ2n) is 4.10. The largest absolute Gasteiger partial charge is 0.476 e. The monoisotopic (exact) mass is 222 g/mol. The molecule has 88 valence electrons. The molecule has 0 radical (unpaired) electrons. The summed E-state index contributed by atoms with van der Waals surface area (Å²) in [6.07, 6.45) is 2.61. The van der Waals surface area contributed by atoms with Crippen molar-refractivity contribution in [2.75, 3.05) is 32.0 Å². The lowest BCUT2D eigenvalue weighted by Gasteiger charge is -2.14. The Hall–Kier alpha value is -1.36. The summed E-state index contributed by atoms with van der Waals surface area (Å²) < 4.78 is 5.56. The van der Waals surface area contributed by atoms with Gasteiger partial charge in [0.05, 0.1) is 0 Å². The van der Waals surface area contributed by atoms with Gasteiger partial charge in [0, 0.05) is 18.3 Å². The Kier molecular flexibility index (Phi) is 3.56. The zero-order valence-electron chi connectivity index (χ0n) is 9.65. The number of anilines is 1. The highest BCUT2D eigenvalue weighted by Crippen LogP contribution is 2.11. The summed E-state index contributed by atoms with van der Waals surface area (Å²) in [6, 6.07) is 1.81. The lowest BCUT2D eigenvalue weighted by Crippen LogP contribution is -2.25. The molecule has 0 unspecified atom stereocenters. The van der Waals surface area contributed by atoms with Gasteiger partial charge in [-0.15, -0.1) is 0 Å². The first-order valence-corrected chi connectivity index (χ1v) is 5.70. The van der Waals surface area contributed by atoms with Crippen LogP contribution in [-0.2, 0) is 0 Å². The topological polar surface area (TPSA) is 64.3 Å². The minimum Gasteiger partial charge on any atom is -0.476 e. The lowest BCUT2D eigenvalue weighted by molar-refractivity contribution is 0.232. The third-order valence-electron chi connectivity index (χ3n) is 2.70. The third kappa shape index (κ3) is 3.06. The number of aromatic nitrogens is 2. The molecule has 0 amide bonds. The van der Waals surface area contributed by atoms with Gasteiger partial charge in [0.25, 0.3) is 0 Å². The molecule has 0 saturated carbocycles. The highest BCUT2D eigenvalue weighted by Gasteiger charge is 2.11. The van der Waals surface area contributed by atoms with Crippen molar-refractivity contribution in [3.8, 4) is 5.88 Å². The molecule has 0 aromatic carbocycles. The van der Waals surface area contributed by atoms with Gasteiger partial charge in [-0.3, -0.25) is 4.90 Å². The molecule has 1 aromatic rings. The zero-order chi connectivity index (χ0) is 11.4. The van der Waals surface area contributed by atoms with Crippen molar-refractivity contribution in [1.82, 2.24) is 14.9 Å². The summed E-state index contributed by atoms with van der Waals surface area (Å²) in [7, 11) is 0. The van der Waals surface area contributed by atoms with Gasteiger partial charge in [-0.2, -0.15) is 4.98 Å². The van der Waals surface area contributed by atoms with E-state index in [9.17, 15) is 0 Å². The van der Waals surface area contributed by atoms with Crippen molar-refractivity contribution in [3.05, 3.63) is 11.8 Å². The quantitative estimate of drug-likeness (QED) is 0.818. The van der Waals surface area contributed by atoms with E-state index in [1.54, 1.807) is 6.07 Å².